The number of esters is 2. The quantitative estimate of drug-likeness (QED) is 0.723. The van der Waals surface area contributed by atoms with Crippen LogP contribution in [0, 0.1) is 11.3 Å². The van der Waals surface area contributed by atoms with Crippen LogP contribution in [0.5, 0.6) is 11.5 Å². The summed E-state index contributed by atoms with van der Waals surface area (Å²) >= 11 is 0. The topological polar surface area (TPSA) is 124 Å². The van der Waals surface area contributed by atoms with Crippen LogP contribution < -0.4 is 20.1 Å². The molecule has 0 fully saturated rings. The van der Waals surface area contributed by atoms with Crippen molar-refractivity contribution in [3.8, 4) is 17.6 Å². The number of benzene rings is 2. The second-order valence-electron chi connectivity index (χ2n) is 6.87. The fraction of sp³-hybridized carbons (Fsp3) is 0.174. The molecule has 2 N–H and O–H groups in total. The van der Waals surface area contributed by atoms with Gasteiger partial charge in [-0.1, -0.05) is 30.3 Å². The smallest absolute Gasteiger partial charge is 0.355 e. The van der Waals surface area contributed by atoms with Gasteiger partial charge in [-0.15, -0.1) is 0 Å². The lowest BCUT2D eigenvalue weighted by atomic mass is 9.81. The lowest BCUT2D eigenvalue weighted by Gasteiger charge is -2.35. The zero-order valence-electron chi connectivity index (χ0n) is 17.3. The number of hydrogen-bond acceptors (Lipinski definition) is 9. The van der Waals surface area contributed by atoms with Gasteiger partial charge in [-0.3, -0.25) is 4.90 Å². The molecule has 0 bridgehead atoms. The average molecular weight is 433 g/mol. The van der Waals surface area contributed by atoms with Crippen LogP contribution in [0.15, 0.2) is 71.2 Å². The maximum atomic E-state index is 13.0. The molecule has 2 aromatic rings. The van der Waals surface area contributed by atoms with Gasteiger partial charge in [0.05, 0.1) is 43.0 Å². The number of fused-ring (bicyclic) bond motifs is 1. The molecule has 162 valence electrons. The predicted molar refractivity (Wildman–Crippen MR) is 112 cm³/mol. The van der Waals surface area contributed by atoms with Gasteiger partial charge in [0.15, 0.2) is 11.5 Å². The monoisotopic (exact) mass is 433 g/mol. The van der Waals surface area contributed by atoms with E-state index in [0.717, 1.165) is 0 Å². The third-order valence-corrected chi connectivity index (χ3v) is 5.22. The number of rotatable bonds is 4. The highest BCUT2D eigenvalue weighted by molar-refractivity contribution is 6.06. The van der Waals surface area contributed by atoms with E-state index in [0.29, 0.717) is 22.7 Å². The van der Waals surface area contributed by atoms with Crippen LogP contribution in [0.3, 0.4) is 0 Å². The number of nitrogens with two attached hydrogens (primary N) is 1. The van der Waals surface area contributed by atoms with Crippen molar-refractivity contribution in [1.82, 2.24) is 0 Å². The van der Waals surface area contributed by atoms with Gasteiger partial charge >= 0.3 is 11.9 Å². The van der Waals surface area contributed by atoms with Crippen LogP contribution in [0.25, 0.3) is 0 Å². The third kappa shape index (κ3) is 3.28. The second kappa shape index (κ2) is 8.35. The van der Waals surface area contributed by atoms with E-state index in [1.807, 2.05) is 0 Å². The SMILES string of the molecule is COC(=O)C1=C(C(=O)OC)N(c2ccc3c(c2)OCO3)C(N)=C(C#N)C1c1ccccc1. The summed E-state index contributed by atoms with van der Waals surface area (Å²) in [6.45, 7) is 0.0523. The number of carbonyl (C=O) groups is 2. The Morgan fingerprint density at radius 1 is 1.06 bits per heavy atom. The largest absolute Gasteiger partial charge is 0.466 e. The first kappa shape index (κ1) is 20.8. The van der Waals surface area contributed by atoms with Crippen molar-refractivity contribution < 1.29 is 28.5 Å². The summed E-state index contributed by atoms with van der Waals surface area (Å²) in [5.41, 5.74) is 7.30. The van der Waals surface area contributed by atoms with Crippen LogP contribution in [0.1, 0.15) is 11.5 Å². The Balaban J connectivity index is 2.03. The lowest BCUT2D eigenvalue weighted by molar-refractivity contribution is -0.139. The summed E-state index contributed by atoms with van der Waals surface area (Å²) < 4.78 is 20.8. The lowest BCUT2D eigenvalue weighted by Crippen LogP contribution is -2.40. The van der Waals surface area contributed by atoms with E-state index >= 15 is 0 Å². The molecule has 32 heavy (non-hydrogen) atoms. The van der Waals surface area contributed by atoms with Gasteiger partial charge in [-0.05, 0) is 17.7 Å². The minimum absolute atomic E-state index is 0.0201. The van der Waals surface area contributed by atoms with Gasteiger partial charge < -0.3 is 24.7 Å². The normalized spacial score (nSPS) is 17.2. The Bertz CT molecular complexity index is 1200. The van der Waals surface area contributed by atoms with E-state index in [4.69, 9.17) is 24.7 Å². The Morgan fingerprint density at radius 3 is 2.41 bits per heavy atom. The molecule has 0 spiro atoms. The van der Waals surface area contributed by atoms with Gasteiger partial charge in [-0.25, -0.2) is 9.59 Å². The molecule has 2 aliphatic rings. The molecular weight excluding hydrogens is 414 g/mol. The van der Waals surface area contributed by atoms with Crippen molar-refractivity contribution in [1.29, 1.82) is 5.26 Å². The standard InChI is InChI=1S/C23H19N3O6/c1-29-22(27)19-18(13-6-4-3-5-7-13)15(11-24)21(25)26(20(19)23(28)30-2)14-8-9-16-17(10-14)32-12-31-16/h3-10,18H,12,25H2,1-2H3. The maximum Gasteiger partial charge on any atom is 0.355 e. The first-order chi connectivity index (χ1) is 15.5. The predicted octanol–water partition coefficient (Wildman–Crippen LogP) is 2.31. The van der Waals surface area contributed by atoms with Crippen molar-refractivity contribution in [3.63, 3.8) is 0 Å². The summed E-state index contributed by atoms with van der Waals surface area (Å²) in [4.78, 5) is 27.3. The Kier molecular flexibility index (Phi) is 5.43. The summed E-state index contributed by atoms with van der Waals surface area (Å²) in [5.74, 6) is -1.59. The highest BCUT2D eigenvalue weighted by Gasteiger charge is 2.43. The first-order valence-corrected chi connectivity index (χ1v) is 9.57. The number of methoxy groups -OCH3 is 2. The molecule has 0 aromatic heterocycles. The number of allylic oxidation sites excluding steroid dienone is 1. The maximum absolute atomic E-state index is 13.0. The third-order valence-electron chi connectivity index (χ3n) is 5.22. The van der Waals surface area contributed by atoms with Crippen LogP contribution in [-0.4, -0.2) is 33.0 Å². The first-order valence-electron chi connectivity index (χ1n) is 9.57. The molecule has 0 amide bonds. The van der Waals surface area contributed by atoms with Crippen LogP contribution in [-0.2, 0) is 19.1 Å². The Hall–Kier alpha value is -4.45. The van der Waals surface area contributed by atoms with Gasteiger partial charge in [0.25, 0.3) is 0 Å². The molecule has 9 heteroatoms. The van der Waals surface area contributed by atoms with Crippen molar-refractivity contribution >= 4 is 17.6 Å². The zero-order chi connectivity index (χ0) is 22.8. The average Bonchev–Trinajstić information content (AvgIpc) is 3.30. The van der Waals surface area contributed by atoms with Gasteiger partial charge in [0, 0.05) is 6.07 Å². The fourth-order valence-corrected chi connectivity index (χ4v) is 3.81. The highest BCUT2D eigenvalue weighted by atomic mass is 16.7. The van der Waals surface area contributed by atoms with E-state index in [1.165, 1.54) is 19.1 Å². The number of nitriles is 1. The van der Waals surface area contributed by atoms with E-state index in [9.17, 15) is 14.9 Å². The summed E-state index contributed by atoms with van der Waals surface area (Å²) in [7, 11) is 2.39. The molecule has 1 unspecified atom stereocenters. The van der Waals surface area contributed by atoms with Gasteiger partial charge in [0.1, 0.15) is 11.5 Å². The number of hydrogen-bond donors (Lipinski definition) is 1. The summed E-state index contributed by atoms with van der Waals surface area (Å²) in [5, 5.41) is 10.0. The Morgan fingerprint density at radius 2 is 1.75 bits per heavy atom. The molecule has 2 aliphatic heterocycles. The molecule has 2 aromatic carbocycles. The molecule has 0 aliphatic carbocycles. The number of carbonyl (C=O) groups excluding carboxylic acids is 2. The molecule has 4 rings (SSSR count). The fourth-order valence-electron chi connectivity index (χ4n) is 3.81. The molecule has 0 saturated carbocycles. The molecule has 2 heterocycles. The summed E-state index contributed by atoms with van der Waals surface area (Å²) in [6.07, 6.45) is 0. The molecular formula is C23H19N3O6. The van der Waals surface area contributed by atoms with E-state index in [-0.39, 0.29) is 29.5 Å². The second-order valence-corrected chi connectivity index (χ2v) is 6.87. The van der Waals surface area contributed by atoms with Crippen LogP contribution >= 0.6 is 0 Å². The molecule has 0 radical (unpaired) electrons. The summed E-state index contributed by atoms with van der Waals surface area (Å²) in [6, 6.07) is 15.8. The van der Waals surface area contributed by atoms with Crippen molar-refractivity contribution in [2.45, 2.75) is 5.92 Å². The van der Waals surface area contributed by atoms with E-state index in [1.54, 1.807) is 48.5 Å². The minimum Gasteiger partial charge on any atom is -0.466 e. The molecule has 1 atom stereocenters. The number of nitrogens with zero attached hydrogens (tertiary/aromatic N) is 2. The van der Waals surface area contributed by atoms with E-state index < -0.39 is 17.9 Å². The number of ether oxygens (including phenoxy) is 4. The highest BCUT2D eigenvalue weighted by Crippen LogP contribution is 2.45. The van der Waals surface area contributed by atoms with Gasteiger partial charge in [0.2, 0.25) is 6.79 Å². The van der Waals surface area contributed by atoms with Gasteiger partial charge in [-0.2, -0.15) is 5.26 Å². The van der Waals surface area contributed by atoms with Crippen LogP contribution in [0.4, 0.5) is 5.69 Å². The molecule has 9 nitrogen and oxygen atoms in total. The Labute approximate surface area is 183 Å². The van der Waals surface area contributed by atoms with Crippen molar-refractivity contribution in [3.05, 3.63) is 76.8 Å². The van der Waals surface area contributed by atoms with Crippen LogP contribution in [0.2, 0.25) is 0 Å². The van der Waals surface area contributed by atoms with Crippen molar-refractivity contribution in [2.75, 3.05) is 25.9 Å². The minimum atomic E-state index is -0.923. The molecule has 0 saturated heterocycles. The number of anilines is 1. The zero-order valence-corrected chi connectivity index (χ0v) is 17.3. The van der Waals surface area contributed by atoms with E-state index in [2.05, 4.69) is 6.07 Å². The van der Waals surface area contributed by atoms with Crippen molar-refractivity contribution in [2.24, 2.45) is 5.73 Å².